The van der Waals surface area contributed by atoms with Crippen LogP contribution >= 0.6 is 0 Å². The topological polar surface area (TPSA) is 43.1 Å². The Balaban J connectivity index is 1.85. The van der Waals surface area contributed by atoms with E-state index < -0.39 is 0 Å². The van der Waals surface area contributed by atoms with E-state index in [1.54, 1.807) is 0 Å². The number of carbonyl (C=O) groups is 1. The van der Waals surface area contributed by atoms with E-state index in [2.05, 4.69) is 12.1 Å². The van der Waals surface area contributed by atoms with E-state index in [9.17, 15) is 4.79 Å². The maximum Gasteiger partial charge on any atom is 0.165 e. The highest BCUT2D eigenvalue weighted by molar-refractivity contribution is 5.97. The molecule has 2 N–H and O–H groups in total. The molecule has 0 radical (unpaired) electrons. The van der Waals surface area contributed by atoms with E-state index in [0.717, 1.165) is 30.2 Å². The van der Waals surface area contributed by atoms with Crippen LogP contribution in [0.3, 0.4) is 0 Å². The van der Waals surface area contributed by atoms with Gasteiger partial charge in [-0.2, -0.15) is 0 Å². The Morgan fingerprint density at radius 1 is 0.952 bits per heavy atom. The molecule has 1 saturated carbocycles. The largest absolute Gasteiger partial charge is 0.330 e. The Labute approximate surface area is 128 Å². The lowest BCUT2D eigenvalue weighted by Gasteiger charge is -2.23. The average molecular weight is 285 g/mol. The van der Waals surface area contributed by atoms with Crippen LogP contribution in [0, 0.1) is 17.8 Å². The first-order valence-corrected chi connectivity index (χ1v) is 8.61. The van der Waals surface area contributed by atoms with Crippen molar-refractivity contribution < 1.29 is 4.79 Å². The number of nitrogens with two attached hydrogens (primary N) is 1. The fourth-order valence-electron chi connectivity index (χ4n) is 4.34. The first-order valence-electron chi connectivity index (χ1n) is 8.61. The number of hydrogen-bond donors (Lipinski definition) is 1. The van der Waals surface area contributed by atoms with Crippen LogP contribution in [0.4, 0.5) is 0 Å². The first kappa shape index (κ1) is 14.8. The van der Waals surface area contributed by atoms with Crippen LogP contribution < -0.4 is 5.73 Å². The van der Waals surface area contributed by atoms with Gasteiger partial charge in [-0.25, -0.2) is 0 Å². The Bertz CT molecular complexity index is 479. The van der Waals surface area contributed by atoms with Gasteiger partial charge in [-0.3, -0.25) is 4.79 Å². The van der Waals surface area contributed by atoms with Crippen molar-refractivity contribution in [2.75, 3.05) is 6.54 Å². The van der Waals surface area contributed by atoms with Crippen molar-refractivity contribution in [1.82, 2.24) is 0 Å². The lowest BCUT2D eigenvalue weighted by molar-refractivity contribution is 0.0904. The minimum atomic E-state index is 0.125. The lowest BCUT2D eigenvalue weighted by Crippen LogP contribution is -2.20. The standard InChI is InChI=1S/C19H27NO/c20-12-11-16-5-1-3-15-4-2-6-18(15)13-14-7-9-17(10-8-14)19(16)21/h7-10,15-16,18H,1-6,11-13,20H2. The summed E-state index contributed by atoms with van der Waals surface area (Å²) in [5.41, 5.74) is 8.00. The van der Waals surface area contributed by atoms with E-state index in [1.807, 2.05) is 12.1 Å². The Kier molecular flexibility index (Phi) is 4.74. The van der Waals surface area contributed by atoms with Crippen molar-refractivity contribution in [2.45, 2.75) is 51.4 Å². The van der Waals surface area contributed by atoms with Crippen LogP contribution in [0.1, 0.15) is 60.9 Å². The zero-order chi connectivity index (χ0) is 14.7. The average Bonchev–Trinajstić information content (AvgIpc) is 2.92. The molecule has 0 heterocycles. The Hall–Kier alpha value is -1.15. The molecule has 1 aromatic rings. The van der Waals surface area contributed by atoms with Gasteiger partial charge in [-0.1, -0.05) is 49.9 Å². The van der Waals surface area contributed by atoms with Gasteiger partial charge in [-0.05, 0) is 49.6 Å². The van der Waals surface area contributed by atoms with Crippen molar-refractivity contribution in [1.29, 1.82) is 0 Å². The lowest BCUT2D eigenvalue weighted by atomic mass is 9.82. The molecular formula is C19H27NO. The van der Waals surface area contributed by atoms with Gasteiger partial charge in [0.25, 0.3) is 0 Å². The van der Waals surface area contributed by atoms with Gasteiger partial charge in [-0.15, -0.1) is 0 Å². The summed E-state index contributed by atoms with van der Waals surface area (Å²) in [4.78, 5) is 12.6. The molecule has 3 aliphatic carbocycles. The molecule has 3 unspecified atom stereocenters. The normalized spacial score (nSPS) is 29.8. The number of fused-ring (bicyclic) bond motifs is 6. The highest BCUT2D eigenvalue weighted by Crippen LogP contribution is 2.38. The van der Waals surface area contributed by atoms with Gasteiger partial charge in [0.15, 0.2) is 5.78 Å². The SMILES string of the molecule is NCCC1CCCC2CCCC2Cc2ccc(cc2)C1=O. The number of benzene rings is 1. The summed E-state index contributed by atoms with van der Waals surface area (Å²) in [6.45, 7) is 0.612. The van der Waals surface area contributed by atoms with Crippen molar-refractivity contribution in [3.05, 3.63) is 35.4 Å². The number of Topliss-reactive ketones (excluding diaryl/α,β-unsaturated/α-hetero) is 1. The van der Waals surface area contributed by atoms with Crippen molar-refractivity contribution in [2.24, 2.45) is 23.5 Å². The van der Waals surface area contributed by atoms with Crippen LogP contribution in [0.15, 0.2) is 24.3 Å². The van der Waals surface area contributed by atoms with Crippen LogP contribution in [0.2, 0.25) is 0 Å². The summed E-state index contributed by atoms with van der Waals surface area (Å²) in [5.74, 6) is 2.16. The molecule has 3 aliphatic rings. The molecule has 0 spiro atoms. The second-order valence-corrected chi connectivity index (χ2v) is 6.92. The summed E-state index contributed by atoms with van der Waals surface area (Å²) in [5, 5.41) is 0. The fraction of sp³-hybridized carbons (Fsp3) is 0.632. The molecule has 0 aromatic heterocycles. The minimum Gasteiger partial charge on any atom is -0.330 e. The van der Waals surface area contributed by atoms with Gasteiger partial charge >= 0.3 is 0 Å². The summed E-state index contributed by atoms with van der Waals surface area (Å²) in [6, 6.07) is 8.41. The summed E-state index contributed by atoms with van der Waals surface area (Å²) < 4.78 is 0. The Morgan fingerprint density at radius 3 is 2.33 bits per heavy atom. The molecule has 114 valence electrons. The highest BCUT2D eigenvalue weighted by atomic mass is 16.1. The van der Waals surface area contributed by atoms with E-state index in [1.165, 1.54) is 44.1 Å². The number of carbonyl (C=O) groups excluding carboxylic acids is 1. The highest BCUT2D eigenvalue weighted by Gasteiger charge is 2.28. The minimum absolute atomic E-state index is 0.125. The van der Waals surface area contributed by atoms with Crippen molar-refractivity contribution in [3.63, 3.8) is 0 Å². The van der Waals surface area contributed by atoms with Crippen LogP contribution in [0.5, 0.6) is 0 Å². The predicted octanol–water partition coefficient (Wildman–Crippen LogP) is 3.98. The van der Waals surface area contributed by atoms with Gasteiger partial charge in [0.05, 0.1) is 0 Å². The smallest absolute Gasteiger partial charge is 0.165 e. The van der Waals surface area contributed by atoms with Gasteiger partial charge in [0.1, 0.15) is 0 Å². The van der Waals surface area contributed by atoms with E-state index >= 15 is 0 Å². The van der Waals surface area contributed by atoms with Gasteiger partial charge in [0.2, 0.25) is 0 Å². The predicted molar refractivity (Wildman–Crippen MR) is 86.3 cm³/mol. The molecule has 1 fully saturated rings. The maximum absolute atomic E-state index is 12.6. The number of ketones is 1. The third-order valence-electron chi connectivity index (χ3n) is 5.57. The second-order valence-electron chi connectivity index (χ2n) is 6.92. The van der Waals surface area contributed by atoms with E-state index in [-0.39, 0.29) is 5.92 Å². The monoisotopic (exact) mass is 285 g/mol. The van der Waals surface area contributed by atoms with E-state index in [0.29, 0.717) is 12.3 Å². The number of hydrogen-bond acceptors (Lipinski definition) is 2. The maximum atomic E-state index is 12.6. The molecular weight excluding hydrogens is 258 g/mol. The van der Waals surface area contributed by atoms with Crippen LogP contribution in [-0.4, -0.2) is 12.3 Å². The molecule has 0 saturated heterocycles. The molecule has 4 rings (SSSR count). The summed E-state index contributed by atoms with van der Waals surface area (Å²) in [6.07, 6.45) is 9.69. The van der Waals surface area contributed by atoms with Crippen LogP contribution in [-0.2, 0) is 6.42 Å². The van der Waals surface area contributed by atoms with Gasteiger partial charge in [0, 0.05) is 11.5 Å². The zero-order valence-electron chi connectivity index (χ0n) is 12.9. The molecule has 2 nitrogen and oxygen atoms in total. The first-order chi connectivity index (χ1) is 10.3. The quantitative estimate of drug-likeness (QED) is 0.893. The number of rotatable bonds is 2. The fourth-order valence-corrected chi connectivity index (χ4v) is 4.34. The molecule has 3 atom stereocenters. The molecule has 2 heteroatoms. The third-order valence-corrected chi connectivity index (χ3v) is 5.57. The van der Waals surface area contributed by atoms with E-state index in [4.69, 9.17) is 5.73 Å². The molecule has 21 heavy (non-hydrogen) atoms. The molecule has 0 aliphatic heterocycles. The van der Waals surface area contributed by atoms with Crippen molar-refractivity contribution >= 4 is 5.78 Å². The summed E-state index contributed by atoms with van der Waals surface area (Å²) >= 11 is 0. The van der Waals surface area contributed by atoms with Crippen LogP contribution in [0.25, 0.3) is 0 Å². The third kappa shape index (κ3) is 3.37. The van der Waals surface area contributed by atoms with Crippen molar-refractivity contribution in [3.8, 4) is 0 Å². The van der Waals surface area contributed by atoms with Gasteiger partial charge < -0.3 is 5.73 Å². The molecule has 0 amide bonds. The zero-order valence-corrected chi connectivity index (χ0v) is 12.9. The molecule has 2 bridgehead atoms. The second kappa shape index (κ2) is 6.74. The molecule has 1 aromatic carbocycles. The Morgan fingerprint density at radius 2 is 1.62 bits per heavy atom. The summed E-state index contributed by atoms with van der Waals surface area (Å²) in [7, 11) is 0.